The first-order chi connectivity index (χ1) is 12.9. The highest BCUT2D eigenvalue weighted by Crippen LogP contribution is 2.29. The summed E-state index contributed by atoms with van der Waals surface area (Å²) in [5, 5.41) is 12.3. The molecule has 6 heteroatoms. The van der Waals surface area contributed by atoms with Crippen molar-refractivity contribution < 1.29 is 19.5 Å². The molecule has 6 nitrogen and oxygen atoms in total. The van der Waals surface area contributed by atoms with E-state index in [9.17, 15) is 19.5 Å². The number of fused-ring (bicyclic) bond motifs is 1. The lowest BCUT2D eigenvalue weighted by Crippen LogP contribution is -2.40. The largest absolute Gasteiger partial charge is 0.481 e. The van der Waals surface area contributed by atoms with Crippen molar-refractivity contribution in [3.05, 3.63) is 70.8 Å². The minimum absolute atomic E-state index is 0.0279. The van der Waals surface area contributed by atoms with E-state index in [1.807, 2.05) is 32.0 Å². The zero-order valence-electron chi connectivity index (χ0n) is 15.3. The maximum Gasteiger partial charge on any atom is 0.312 e. The van der Waals surface area contributed by atoms with Gasteiger partial charge in [-0.3, -0.25) is 14.4 Å². The molecule has 1 aliphatic heterocycles. The summed E-state index contributed by atoms with van der Waals surface area (Å²) in [4.78, 5) is 38.1. The van der Waals surface area contributed by atoms with Crippen molar-refractivity contribution in [2.45, 2.75) is 32.4 Å². The standard InChI is InChI=1S/C21H22N2O4/c1-13(2)22-19(24)14-7-9-15(10-8-14)20(25)23-11-16-5-3-4-6-17(16)18(12-23)21(26)27/h3-10,13,18H,11-12H2,1-2H3,(H,22,24)(H,26,27). The number of carboxylic acid groups (broad SMARTS) is 1. The molecule has 0 aliphatic carbocycles. The van der Waals surface area contributed by atoms with Gasteiger partial charge >= 0.3 is 5.97 Å². The van der Waals surface area contributed by atoms with Gasteiger partial charge in [-0.05, 0) is 49.2 Å². The molecule has 0 spiro atoms. The number of aliphatic carboxylic acids is 1. The molecule has 0 bridgehead atoms. The van der Waals surface area contributed by atoms with Gasteiger partial charge in [-0.25, -0.2) is 0 Å². The molecule has 0 saturated heterocycles. The quantitative estimate of drug-likeness (QED) is 0.871. The molecule has 2 aromatic rings. The van der Waals surface area contributed by atoms with Crippen LogP contribution >= 0.6 is 0 Å². The van der Waals surface area contributed by atoms with Gasteiger partial charge in [-0.1, -0.05) is 24.3 Å². The minimum Gasteiger partial charge on any atom is -0.481 e. The zero-order valence-corrected chi connectivity index (χ0v) is 15.3. The fourth-order valence-corrected chi connectivity index (χ4v) is 3.27. The molecular formula is C21H22N2O4. The molecule has 140 valence electrons. The van der Waals surface area contributed by atoms with E-state index in [-0.39, 0.29) is 24.4 Å². The van der Waals surface area contributed by atoms with Crippen molar-refractivity contribution in [2.24, 2.45) is 0 Å². The second-order valence-electron chi connectivity index (χ2n) is 6.98. The molecule has 0 saturated carbocycles. The van der Waals surface area contributed by atoms with E-state index in [0.29, 0.717) is 17.7 Å². The van der Waals surface area contributed by atoms with Gasteiger partial charge in [0.05, 0.1) is 5.92 Å². The molecule has 2 aromatic carbocycles. The van der Waals surface area contributed by atoms with Gasteiger partial charge in [0.1, 0.15) is 0 Å². The molecule has 3 rings (SSSR count). The van der Waals surface area contributed by atoms with Crippen LogP contribution in [0.2, 0.25) is 0 Å². The van der Waals surface area contributed by atoms with Crippen LogP contribution in [0.1, 0.15) is 51.6 Å². The summed E-state index contributed by atoms with van der Waals surface area (Å²) in [5.41, 5.74) is 2.51. The average molecular weight is 366 g/mol. The van der Waals surface area contributed by atoms with Gasteiger partial charge in [-0.15, -0.1) is 0 Å². The fourth-order valence-electron chi connectivity index (χ4n) is 3.27. The van der Waals surface area contributed by atoms with E-state index in [1.165, 1.54) is 0 Å². The predicted octanol–water partition coefficient (Wildman–Crippen LogP) is 2.65. The first-order valence-electron chi connectivity index (χ1n) is 8.87. The smallest absolute Gasteiger partial charge is 0.312 e. The number of rotatable bonds is 4. The maximum absolute atomic E-state index is 12.9. The molecule has 2 N–H and O–H groups in total. The van der Waals surface area contributed by atoms with Crippen molar-refractivity contribution in [2.75, 3.05) is 6.54 Å². The lowest BCUT2D eigenvalue weighted by molar-refractivity contribution is -0.139. The Morgan fingerprint density at radius 1 is 1.04 bits per heavy atom. The monoisotopic (exact) mass is 366 g/mol. The van der Waals surface area contributed by atoms with Gasteiger partial charge in [0.15, 0.2) is 0 Å². The van der Waals surface area contributed by atoms with E-state index in [0.717, 1.165) is 11.1 Å². The predicted molar refractivity (Wildman–Crippen MR) is 101 cm³/mol. The Hall–Kier alpha value is -3.15. The summed E-state index contributed by atoms with van der Waals surface area (Å²) in [6.07, 6.45) is 0. The van der Waals surface area contributed by atoms with Gasteiger partial charge in [0.2, 0.25) is 0 Å². The maximum atomic E-state index is 12.9. The molecule has 1 heterocycles. The molecule has 1 unspecified atom stereocenters. The number of carboxylic acids is 1. The van der Waals surface area contributed by atoms with Crippen LogP contribution in [0.3, 0.4) is 0 Å². The highest BCUT2D eigenvalue weighted by Gasteiger charge is 2.32. The fraction of sp³-hybridized carbons (Fsp3) is 0.286. The van der Waals surface area contributed by atoms with Crippen LogP contribution in [-0.4, -0.2) is 40.4 Å². The Bertz CT molecular complexity index is 874. The Kier molecular flexibility index (Phi) is 5.26. The summed E-state index contributed by atoms with van der Waals surface area (Å²) < 4.78 is 0. The normalized spacial score (nSPS) is 16.0. The molecule has 27 heavy (non-hydrogen) atoms. The Morgan fingerprint density at radius 3 is 2.30 bits per heavy atom. The summed E-state index contributed by atoms with van der Waals surface area (Å²) >= 11 is 0. The van der Waals surface area contributed by atoms with Crippen LogP contribution in [-0.2, 0) is 11.3 Å². The van der Waals surface area contributed by atoms with Crippen molar-refractivity contribution in [1.82, 2.24) is 10.2 Å². The second kappa shape index (κ2) is 7.61. The van der Waals surface area contributed by atoms with Crippen molar-refractivity contribution in [1.29, 1.82) is 0 Å². The number of carbonyl (C=O) groups is 3. The number of nitrogens with one attached hydrogen (secondary N) is 1. The van der Waals surface area contributed by atoms with E-state index in [1.54, 1.807) is 35.2 Å². The molecule has 0 radical (unpaired) electrons. The molecule has 0 aromatic heterocycles. The first-order valence-corrected chi connectivity index (χ1v) is 8.87. The third-order valence-corrected chi connectivity index (χ3v) is 4.59. The van der Waals surface area contributed by atoms with Crippen LogP contribution in [0, 0.1) is 0 Å². The lowest BCUT2D eigenvalue weighted by atomic mass is 9.89. The van der Waals surface area contributed by atoms with Crippen LogP contribution in [0.4, 0.5) is 0 Å². The number of carbonyl (C=O) groups excluding carboxylic acids is 2. The van der Waals surface area contributed by atoms with Crippen LogP contribution < -0.4 is 5.32 Å². The minimum atomic E-state index is -0.944. The molecule has 1 aliphatic rings. The van der Waals surface area contributed by atoms with E-state index in [2.05, 4.69) is 5.32 Å². The number of benzene rings is 2. The van der Waals surface area contributed by atoms with Gasteiger partial charge in [0.25, 0.3) is 11.8 Å². The lowest BCUT2D eigenvalue weighted by Gasteiger charge is -2.33. The average Bonchev–Trinajstić information content (AvgIpc) is 2.66. The van der Waals surface area contributed by atoms with Crippen LogP contribution in [0.15, 0.2) is 48.5 Å². The Balaban J connectivity index is 1.80. The molecular weight excluding hydrogens is 344 g/mol. The second-order valence-corrected chi connectivity index (χ2v) is 6.98. The van der Waals surface area contributed by atoms with Crippen molar-refractivity contribution in [3.63, 3.8) is 0 Å². The van der Waals surface area contributed by atoms with Gasteiger partial charge < -0.3 is 15.3 Å². The zero-order chi connectivity index (χ0) is 19.6. The third kappa shape index (κ3) is 4.00. The number of hydrogen-bond acceptors (Lipinski definition) is 3. The molecule has 1 atom stereocenters. The Labute approximate surface area is 157 Å². The summed E-state index contributed by atoms with van der Waals surface area (Å²) in [5.74, 6) is -2.12. The van der Waals surface area contributed by atoms with E-state index >= 15 is 0 Å². The van der Waals surface area contributed by atoms with E-state index in [4.69, 9.17) is 0 Å². The van der Waals surface area contributed by atoms with Crippen LogP contribution in [0.5, 0.6) is 0 Å². The SMILES string of the molecule is CC(C)NC(=O)c1ccc(C(=O)N2Cc3ccccc3C(C(=O)O)C2)cc1. The summed E-state index contributed by atoms with van der Waals surface area (Å²) in [7, 11) is 0. The topological polar surface area (TPSA) is 86.7 Å². The number of hydrogen-bond donors (Lipinski definition) is 2. The molecule has 2 amide bonds. The third-order valence-electron chi connectivity index (χ3n) is 4.59. The summed E-state index contributed by atoms with van der Waals surface area (Å²) in [6, 6.07) is 13.8. The highest BCUT2D eigenvalue weighted by molar-refractivity contribution is 5.98. The number of amides is 2. The Morgan fingerprint density at radius 2 is 1.67 bits per heavy atom. The van der Waals surface area contributed by atoms with Gasteiger partial charge in [0, 0.05) is 30.3 Å². The number of nitrogens with zero attached hydrogens (tertiary/aromatic N) is 1. The van der Waals surface area contributed by atoms with Crippen LogP contribution in [0.25, 0.3) is 0 Å². The molecule has 0 fully saturated rings. The van der Waals surface area contributed by atoms with E-state index < -0.39 is 11.9 Å². The van der Waals surface area contributed by atoms with Gasteiger partial charge in [-0.2, -0.15) is 0 Å². The summed E-state index contributed by atoms with van der Waals surface area (Å²) in [6.45, 7) is 4.25. The first kappa shape index (κ1) is 18.6. The van der Waals surface area contributed by atoms with Crippen molar-refractivity contribution in [3.8, 4) is 0 Å². The van der Waals surface area contributed by atoms with Crippen molar-refractivity contribution >= 4 is 17.8 Å². The highest BCUT2D eigenvalue weighted by atomic mass is 16.4.